The zero-order valence-corrected chi connectivity index (χ0v) is 15.4. The lowest BCUT2D eigenvalue weighted by atomic mass is 10.1. The van der Waals surface area contributed by atoms with Crippen molar-refractivity contribution in [1.82, 2.24) is 10.6 Å². The highest BCUT2D eigenvalue weighted by atomic mass is 16.5. The summed E-state index contributed by atoms with van der Waals surface area (Å²) in [5.74, 6) is 1.61. The molecule has 0 aliphatic carbocycles. The number of hydrogen-bond acceptors (Lipinski definition) is 3. The maximum Gasteiger partial charge on any atom is 0.191 e. The Bertz CT molecular complexity index is 632. The fraction of sp³-hybridized carbons (Fsp3) is 0.381. The second-order valence-corrected chi connectivity index (χ2v) is 6.01. The van der Waals surface area contributed by atoms with Crippen LogP contribution in [0.5, 0.6) is 5.75 Å². The van der Waals surface area contributed by atoms with Gasteiger partial charge >= 0.3 is 0 Å². The first-order valence-electron chi connectivity index (χ1n) is 9.20. The molecular formula is C21H29N3O2. The Morgan fingerprint density at radius 2 is 1.73 bits per heavy atom. The third-order valence-corrected chi connectivity index (χ3v) is 3.74. The second-order valence-electron chi connectivity index (χ2n) is 6.01. The van der Waals surface area contributed by atoms with Crippen LogP contribution in [0.25, 0.3) is 0 Å². The van der Waals surface area contributed by atoms with Crippen LogP contribution in [0.1, 0.15) is 18.9 Å². The van der Waals surface area contributed by atoms with Crippen LogP contribution >= 0.6 is 0 Å². The Morgan fingerprint density at radius 1 is 1.04 bits per heavy atom. The molecule has 0 fully saturated rings. The SMILES string of the molecule is CCNC(=NCC(O)Cc1ccccc1)NCCCOc1ccccc1. The molecule has 26 heavy (non-hydrogen) atoms. The van der Waals surface area contributed by atoms with Crippen molar-refractivity contribution in [3.63, 3.8) is 0 Å². The van der Waals surface area contributed by atoms with E-state index in [9.17, 15) is 5.11 Å². The van der Waals surface area contributed by atoms with Gasteiger partial charge in [0.1, 0.15) is 5.75 Å². The predicted octanol–water partition coefficient (Wildman–Crippen LogP) is 2.61. The lowest BCUT2D eigenvalue weighted by Gasteiger charge is -2.13. The van der Waals surface area contributed by atoms with Crippen LogP contribution in [-0.4, -0.2) is 43.4 Å². The summed E-state index contributed by atoms with van der Waals surface area (Å²) in [7, 11) is 0. The van der Waals surface area contributed by atoms with Gasteiger partial charge in [-0.25, -0.2) is 0 Å². The van der Waals surface area contributed by atoms with E-state index in [-0.39, 0.29) is 0 Å². The van der Waals surface area contributed by atoms with Gasteiger partial charge in [0, 0.05) is 19.5 Å². The minimum atomic E-state index is -0.491. The van der Waals surface area contributed by atoms with Gasteiger partial charge < -0.3 is 20.5 Å². The zero-order chi connectivity index (χ0) is 18.5. The first kappa shape index (κ1) is 19.8. The quantitative estimate of drug-likeness (QED) is 0.348. The van der Waals surface area contributed by atoms with E-state index < -0.39 is 6.10 Å². The van der Waals surface area contributed by atoms with Crippen LogP contribution in [0.15, 0.2) is 65.7 Å². The number of guanidine groups is 1. The van der Waals surface area contributed by atoms with E-state index >= 15 is 0 Å². The molecule has 0 aliphatic heterocycles. The highest BCUT2D eigenvalue weighted by Crippen LogP contribution is 2.08. The van der Waals surface area contributed by atoms with E-state index in [0.29, 0.717) is 19.6 Å². The normalized spacial score (nSPS) is 12.5. The van der Waals surface area contributed by atoms with Gasteiger partial charge in [0.2, 0.25) is 0 Å². The maximum absolute atomic E-state index is 10.2. The Hall–Kier alpha value is -2.53. The van der Waals surface area contributed by atoms with E-state index in [1.165, 1.54) is 0 Å². The minimum absolute atomic E-state index is 0.366. The smallest absolute Gasteiger partial charge is 0.191 e. The Labute approximate surface area is 156 Å². The molecule has 0 aromatic heterocycles. The van der Waals surface area contributed by atoms with Gasteiger partial charge in [0.15, 0.2) is 5.96 Å². The summed E-state index contributed by atoms with van der Waals surface area (Å²) in [4.78, 5) is 4.47. The molecule has 2 rings (SSSR count). The number of hydrogen-bond donors (Lipinski definition) is 3. The number of aliphatic hydroxyl groups is 1. The van der Waals surface area contributed by atoms with Crippen LogP contribution in [0, 0.1) is 0 Å². The number of para-hydroxylation sites is 1. The van der Waals surface area contributed by atoms with Gasteiger partial charge in [0.05, 0.1) is 19.3 Å². The van der Waals surface area contributed by atoms with Crippen LogP contribution in [0.2, 0.25) is 0 Å². The van der Waals surface area contributed by atoms with E-state index in [1.54, 1.807) is 0 Å². The lowest BCUT2D eigenvalue weighted by molar-refractivity contribution is 0.183. The Morgan fingerprint density at radius 3 is 2.42 bits per heavy atom. The van der Waals surface area contributed by atoms with Crippen LogP contribution in [-0.2, 0) is 6.42 Å². The average Bonchev–Trinajstić information content (AvgIpc) is 2.67. The molecule has 2 aromatic carbocycles. The third-order valence-electron chi connectivity index (χ3n) is 3.74. The van der Waals surface area contributed by atoms with Crippen LogP contribution in [0.3, 0.4) is 0 Å². The highest BCUT2D eigenvalue weighted by molar-refractivity contribution is 5.79. The van der Waals surface area contributed by atoms with E-state index in [0.717, 1.165) is 36.8 Å². The summed E-state index contributed by atoms with van der Waals surface area (Å²) in [6.07, 6.45) is 0.981. The topological polar surface area (TPSA) is 65.9 Å². The van der Waals surface area contributed by atoms with Crippen molar-refractivity contribution in [2.24, 2.45) is 4.99 Å². The monoisotopic (exact) mass is 355 g/mol. The molecule has 3 N–H and O–H groups in total. The number of nitrogens with one attached hydrogen (secondary N) is 2. The number of ether oxygens (including phenoxy) is 1. The van der Waals surface area contributed by atoms with E-state index in [2.05, 4.69) is 15.6 Å². The Kier molecular flexibility index (Phi) is 9.08. The largest absolute Gasteiger partial charge is 0.494 e. The van der Waals surface area contributed by atoms with Gasteiger partial charge in [-0.3, -0.25) is 4.99 Å². The molecule has 1 unspecified atom stereocenters. The molecule has 140 valence electrons. The third kappa shape index (κ3) is 8.03. The first-order valence-corrected chi connectivity index (χ1v) is 9.20. The summed E-state index contributed by atoms with van der Waals surface area (Å²) >= 11 is 0. The van der Waals surface area contributed by atoms with Gasteiger partial charge in [-0.15, -0.1) is 0 Å². The first-order chi connectivity index (χ1) is 12.8. The predicted molar refractivity (Wildman–Crippen MR) is 107 cm³/mol. The van der Waals surface area contributed by atoms with Crippen molar-refractivity contribution in [3.8, 4) is 5.75 Å². The fourth-order valence-electron chi connectivity index (χ4n) is 2.47. The number of aliphatic imine (C=N–C) groups is 1. The van der Waals surface area contributed by atoms with Crippen LogP contribution in [0.4, 0.5) is 0 Å². The van der Waals surface area contributed by atoms with Crippen molar-refractivity contribution >= 4 is 5.96 Å². The van der Waals surface area contributed by atoms with Crippen molar-refractivity contribution in [2.45, 2.75) is 25.9 Å². The minimum Gasteiger partial charge on any atom is -0.494 e. The van der Waals surface area contributed by atoms with E-state index in [4.69, 9.17) is 4.74 Å². The number of rotatable bonds is 10. The van der Waals surface area contributed by atoms with Gasteiger partial charge in [-0.05, 0) is 31.0 Å². The maximum atomic E-state index is 10.2. The van der Waals surface area contributed by atoms with Gasteiger partial charge in [0.25, 0.3) is 0 Å². The molecule has 0 amide bonds. The van der Waals surface area contributed by atoms with Crippen molar-refractivity contribution in [2.75, 3.05) is 26.2 Å². The standard InChI is InChI=1S/C21H29N3O2/c1-2-22-21(23-14-9-15-26-20-12-7-4-8-13-20)24-17-19(25)16-18-10-5-3-6-11-18/h3-8,10-13,19,25H,2,9,14-17H2,1H3,(H2,22,23,24). The van der Waals surface area contributed by atoms with Crippen molar-refractivity contribution in [3.05, 3.63) is 66.2 Å². The molecule has 0 bridgehead atoms. The molecule has 0 saturated heterocycles. The molecule has 5 heteroatoms. The number of nitrogens with zero attached hydrogens (tertiary/aromatic N) is 1. The molecule has 0 saturated carbocycles. The van der Waals surface area contributed by atoms with E-state index in [1.807, 2.05) is 67.6 Å². The van der Waals surface area contributed by atoms with Gasteiger partial charge in [-0.1, -0.05) is 48.5 Å². The Balaban J connectivity index is 1.68. The lowest BCUT2D eigenvalue weighted by Crippen LogP contribution is -2.38. The molecule has 5 nitrogen and oxygen atoms in total. The molecule has 1 atom stereocenters. The molecule has 0 heterocycles. The molecular weight excluding hydrogens is 326 g/mol. The van der Waals surface area contributed by atoms with Crippen molar-refractivity contribution in [1.29, 1.82) is 0 Å². The summed E-state index contributed by atoms with van der Waals surface area (Å²) in [5.41, 5.74) is 1.12. The number of benzene rings is 2. The van der Waals surface area contributed by atoms with Crippen molar-refractivity contribution < 1.29 is 9.84 Å². The fourth-order valence-corrected chi connectivity index (χ4v) is 2.47. The summed E-state index contributed by atoms with van der Waals surface area (Å²) in [6.45, 7) is 4.57. The average molecular weight is 355 g/mol. The zero-order valence-electron chi connectivity index (χ0n) is 15.4. The second kappa shape index (κ2) is 11.9. The van der Waals surface area contributed by atoms with Gasteiger partial charge in [-0.2, -0.15) is 0 Å². The molecule has 2 aromatic rings. The van der Waals surface area contributed by atoms with Crippen LogP contribution < -0.4 is 15.4 Å². The summed E-state index contributed by atoms with van der Waals surface area (Å²) in [5, 5.41) is 16.6. The number of aliphatic hydroxyl groups excluding tert-OH is 1. The molecule has 0 spiro atoms. The highest BCUT2D eigenvalue weighted by Gasteiger charge is 2.05. The molecule has 0 radical (unpaired) electrons. The summed E-state index contributed by atoms with van der Waals surface area (Å²) < 4.78 is 5.67. The molecule has 0 aliphatic rings. The summed E-state index contributed by atoms with van der Waals surface area (Å²) in [6, 6.07) is 19.8.